The second-order valence-corrected chi connectivity index (χ2v) is 5.33. The minimum absolute atomic E-state index is 0.281. The third-order valence-corrected chi connectivity index (χ3v) is 3.83. The molecule has 5 nitrogen and oxygen atoms in total. The van der Waals surface area contributed by atoms with E-state index in [4.69, 9.17) is 11.6 Å². The standard InChI is InChI=1S/C12H9ClN4OS/c13-9-3-1-8(2-4-9)6-19-11-5-10-15-16-12(18)17(10)7-14-11/h1-5,7H,6H2,(H,16,18). The molecule has 0 aliphatic heterocycles. The van der Waals surface area contributed by atoms with Gasteiger partial charge in [0.2, 0.25) is 0 Å². The highest BCUT2D eigenvalue weighted by atomic mass is 35.5. The van der Waals surface area contributed by atoms with Crippen LogP contribution in [0.25, 0.3) is 5.65 Å². The Morgan fingerprint density at radius 3 is 2.89 bits per heavy atom. The summed E-state index contributed by atoms with van der Waals surface area (Å²) in [6, 6.07) is 9.46. The average Bonchev–Trinajstić information content (AvgIpc) is 2.79. The Kier molecular flexibility index (Phi) is 3.27. The van der Waals surface area contributed by atoms with Crippen molar-refractivity contribution in [2.24, 2.45) is 0 Å². The van der Waals surface area contributed by atoms with Gasteiger partial charge in [-0.1, -0.05) is 23.7 Å². The van der Waals surface area contributed by atoms with E-state index in [-0.39, 0.29) is 5.69 Å². The van der Waals surface area contributed by atoms with Crippen LogP contribution in [0.1, 0.15) is 5.56 Å². The van der Waals surface area contributed by atoms with Gasteiger partial charge in [-0.15, -0.1) is 11.8 Å². The normalized spacial score (nSPS) is 11.0. The minimum Gasteiger partial charge on any atom is -0.246 e. The molecule has 0 spiro atoms. The molecular formula is C12H9ClN4OS. The number of halogens is 1. The zero-order chi connectivity index (χ0) is 13.2. The van der Waals surface area contributed by atoms with E-state index in [0.717, 1.165) is 21.4 Å². The molecular weight excluding hydrogens is 284 g/mol. The van der Waals surface area contributed by atoms with E-state index in [1.807, 2.05) is 24.3 Å². The Morgan fingerprint density at radius 2 is 2.11 bits per heavy atom. The summed E-state index contributed by atoms with van der Waals surface area (Å²) < 4.78 is 1.37. The number of hydrogen-bond acceptors (Lipinski definition) is 4. The highest BCUT2D eigenvalue weighted by molar-refractivity contribution is 7.98. The maximum atomic E-state index is 11.3. The summed E-state index contributed by atoms with van der Waals surface area (Å²) in [5.74, 6) is 0.787. The molecule has 0 aliphatic rings. The lowest BCUT2D eigenvalue weighted by molar-refractivity contribution is 0.963. The summed E-state index contributed by atoms with van der Waals surface area (Å²) in [6.07, 6.45) is 1.48. The van der Waals surface area contributed by atoms with E-state index in [0.29, 0.717) is 5.65 Å². The third kappa shape index (κ3) is 2.64. The molecule has 2 aromatic heterocycles. The van der Waals surface area contributed by atoms with Gasteiger partial charge in [0.05, 0.1) is 0 Å². The Morgan fingerprint density at radius 1 is 1.32 bits per heavy atom. The summed E-state index contributed by atoms with van der Waals surface area (Å²) in [7, 11) is 0. The molecule has 0 saturated heterocycles. The summed E-state index contributed by atoms with van der Waals surface area (Å²) in [5.41, 5.74) is 1.45. The van der Waals surface area contributed by atoms with Crippen LogP contribution < -0.4 is 5.69 Å². The van der Waals surface area contributed by atoms with Crippen molar-refractivity contribution in [3.05, 3.63) is 57.7 Å². The highest BCUT2D eigenvalue weighted by Gasteiger charge is 2.03. The van der Waals surface area contributed by atoms with Crippen molar-refractivity contribution in [1.82, 2.24) is 19.6 Å². The van der Waals surface area contributed by atoms with Crippen LogP contribution in [0.4, 0.5) is 0 Å². The van der Waals surface area contributed by atoms with E-state index in [1.54, 1.807) is 17.8 Å². The Balaban J connectivity index is 1.78. The zero-order valence-electron chi connectivity index (χ0n) is 9.71. The first-order chi connectivity index (χ1) is 9.22. The van der Waals surface area contributed by atoms with Crippen LogP contribution in [-0.4, -0.2) is 19.6 Å². The van der Waals surface area contributed by atoms with Crippen molar-refractivity contribution < 1.29 is 0 Å². The van der Waals surface area contributed by atoms with Gasteiger partial charge < -0.3 is 0 Å². The fourth-order valence-corrected chi connectivity index (χ4v) is 2.55. The first kappa shape index (κ1) is 12.3. The number of nitrogens with one attached hydrogen (secondary N) is 1. The Hall–Kier alpha value is -1.79. The van der Waals surface area contributed by atoms with Crippen molar-refractivity contribution in [3.8, 4) is 0 Å². The molecule has 0 saturated carbocycles. The van der Waals surface area contributed by atoms with Crippen LogP contribution in [0.15, 0.2) is 46.5 Å². The molecule has 0 amide bonds. The van der Waals surface area contributed by atoms with E-state index < -0.39 is 0 Å². The number of aromatic amines is 1. The monoisotopic (exact) mass is 292 g/mol. The third-order valence-electron chi connectivity index (χ3n) is 2.58. The van der Waals surface area contributed by atoms with Crippen molar-refractivity contribution in [1.29, 1.82) is 0 Å². The van der Waals surface area contributed by atoms with E-state index in [1.165, 1.54) is 10.7 Å². The molecule has 0 unspecified atom stereocenters. The summed E-state index contributed by atoms with van der Waals surface area (Å²) in [4.78, 5) is 15.5. The zero-order valence-corrected chi connectivity index (χ0v) is 11.3. The second kappa shape index (κ2) is 5.07. The van der Waals surface area contributed by atoms with Crippen molar-refractivity contribution in [2.75, 3.05) is 0 Å². The Labute approximate surface area is 117 Å². The molecule has 96 valence electrons. The van der Waals surface area contributed by atoms with Crippen LogP contribution in [0.3, 0.4) is 0 Å². The molecule has 0 fully saturated rings. The van der Waals surface area contributed by atoms with Gasteiger partial charge in [-0.05, 0) is 17.7 Å². The van der Waals surface area contributed by atoms with Gasteiger partial charge in [-0.2, -0.15) is 5.10 Å². The molecule has 19 heavy (non-hydrogen) atoms. The van der Waals surface area contributed by atoms with Crippen LogP contribution in [0.2, 0.25) is 5.02 Å². The van der Waals surface area contributed by atoms with Crippen molar-refractivity contribution in [3.63, 3.8) is 0 Å². The molecule has 3 rings (SSSR count). The van der Waals surface area contributed by atoms with Gasteiger partial charge in [0.1, 0.15) is 11.4 Å². The lowest BCUT2D eigenvalue weighted by atomic mass is 10.2. The van der Waals surface area contributed by atoms with Gasteiger partial charge >= 0.3 is 5.69 Å². The van der Waals surface area contributed by atoms with Gasteiger partial charge in [0, 0.05) is 16.8 Å². The van der Waals surface area contributed by atoms with E-state index in [9.17, 15) is 4.79 Å². The smallest absolute Gasteiger partial charge is 0.246 e. The maximum absolute atomic E-state index is 11.3. The van der Waals surface area contributed by atoms with E-state index >= 15 is 0 Å². The Bertz CT molecular complexity index is 765. The second-order valence-electron chi connectivity index (χ2n) is 3.90. The first-order valence-corrected chi connectivity index (χ1v) is 6.89. The fraction of sp³-hybridized carbons (Fsp3) is 0.0833. The maximum Gasteiger partial charge on any atom is 0.348 e. The molecule has 0 bridgehead atoms. The van der Waals surface area contributed by atoms with Gasteiger partial charge in [0.15, 0.2) is 5.65 Å². The number of hydrogen-bond donors (Lipinski definition) is 1. The SMILES string of the molecule is O=c1[nH]nc2cc(SCc3ccc(Cl)cc3)ncn12. The number of rotatable bonds is 3. The number of H-pyrrole nitrogens is 1. The molecule has 1 aromatic carbocycles. The molecule has 7 heteroatoms. The molecule has 0 radical (unpaired) electrons. The summed E-state index contributed by atoms with van der Waals surface area (Å²) in [5, 5.41) is 7.82. The van der Waals surface area contributed by atoms with Crippen LogP contribution >= 0.6 is 23.4 Å². The van der Waals surface area contributed by atoms with Crippen LogP contribution in [0, 0.1) is 0 Å². The average molecular weight is 293 g/mol. The van der Waals surface area contributed by atoms with Crippen molar-refractivity contribution in [2.45, 2.75) is 10.8 Å². The molecule has 0 aliphatic carbocycles. The van der Waals surface area contributed by atoms with Crippen LogP contribution in [-0.2, 0) is 5.75 Å². The highest BCUT2D eigenvalue weighted by Crippen LogP contribution is 2.21. The van der Waals surface area contributed by atoms with Gasteiger partial charge in [-0.3, -0.25) is 0 Å². The predicted octanol–water partition coefficient (Wildman–Crippen LogP) is 2.36. The number of nitrogens with zero attached hydrogens (tertiary/aromatic N) is 3. The lowest BCUT2D eigenvalue weighted by Gasteiger charge is -2.01. The lowest BCUT2D eigenvalue weighted by Crippen LogP contribution is -2.09. The fourth-order valence-electron chi connectivity index (χ4n) is 1.61. The topological polar surface area (TPSA) is 63.0 Å². The number of benzene rings is 1. The molecule has 2 heterocycles. The predicted molar refractivity (Wildman–Crippen MR) is 74.6 cm³/mol. The number of fused-ring (bicyclic) bond motifs is 1. The van der Waals surface area contributed by atoms with Crippen molar-refractivity contribution >= 4 is 29.0 Å². The van der Waals surface area contributed by atoms with Gasteiger partial charge in [0.25, 0.3) is 0 Å². The largest absolute Gasteiger partial charge is 0.348 e. The molecule has 0 atom stereocenters. The van der Waals surface area contributed by atoms with Crippen LogP contribution in [0.5, 0.6) is 0 Å². The first-order valence-electron chi connectivity index (χ1n) is 5.52. The summed E-state index contributed by atoms with van der Waals surface area (Å²) in [6.45, 7) is 0. The molecule has 3 aromatic rings. The number of thioether (sulfide) groups is 1. The van der Waals surface area contributed by atoms with E-state index in [2.05, 4.69) is 15.2 Å². The van der Waals surface area contributed by atoms with Gasteiger partial charge in [-0.25, -0.2) is 19.3 Å². The minimum atomic E-state index is -0.281. The summed E-state index contributed by atoms with van der Waals surface area (Å²) >= 11 is 7.41. The number of aromatic nitrogens is 4. The quantitative estimate of drug-likeness (QED) is 0.594. The molecule has 1 N–H and O–H groups in total.